The monoisotopic (exact) mass is 340 g/mol. The van der Waals surface area contributed by atoms with Crippen molar-refractivity contribution in [2.24, 2.45) is 7.05 Å². The standard InChI is InChI=1S/C16H15F3N2O3/c1-21-13(7-4-8-14(21)23)15(24)20-12(9-22)10-5-2-3-6-11(10)16(17,18)19/h2-8,12,22H,9H2,1H3,(H,20,24). The number of halogens is 3. The Balaban J connectivity index is 2.36. The summed E-state index contributed by atoms with van der Waals surface area (Å²) in [6.07, 6.45) is -4.62. The van der Waals surface area contributed by atoms with Crippen LogP contribution in [0, 0.1) is 0 Å². The van der Waals surface area contributed by atoms with Crippen molar-refractivity contribution < 1.29 is 23.1 Å². The van der Waals surface area contributed by atoms with Gasteiger partial charge in [-0.2, -0.15) is 13.2 Å². The van der Waals surface area contributed by atoms with Crippen LogP contribution in [0.3, 0.4) is 0 Å². The first-order valence-corrected chi connectivity index (χ1v) is 6.99. The topological polar surface area (TPSA) is 71.3 Å². The van der Waals surface area contributed by atoms with Gasteiger partial charge in [-0.1, -0.05) is 24.3 Å². The number of nitrogens with zero attached hydrogens (tertiary/aromatic N) is 1. The van der Waals surface area contributed by atoms with E-state index >= 15 is 0 Å². The molecule has 0 fully saturated rings. The first kappa shape index (κ1) is 17.7. The van der Waals surface area contributed by atoms with Gasteiger partial charge in [-0.15, -0.1) is 0 Å². The van der Waals surface area contributed by atoms with Gasteiger partial charge in [-0.25, -0.2) is 0 Å². The molecule has 1 unspecified atom stereocenters. The average Bonchev–Trinajstić information content (AvgIpc) is 2.54. The van der Waals surface area contributed by atoms with E-state index in [1.165, 1.54) is 43.4 Å². The molecule has 1 amide bonds. The molecule has 24 heavy (non-hydrogen) atoms. The minimum absolute atomic E-state index is 0.0227. The van der Waals surface area contributed by atoms with Crippen LogP contribution in [-0.4, -0.2) is 22.2 Å². The van der Waals surface area contributed by atoms with Crippen molar-refractivity contribution in [2.75, 3.05) is 6.61 Å². The second-order valence-corrected chi connectivity index (χ2v) is 5.10. The molecule has 0 saturated heterocycles. The Kier molecular flexibility index (Phi) is 5.08. The second-order valence-electron chi connectivity index (χ2n) is 5.10. The van der Waals surface area contributed by atoms with E-state index in [2.05, 4.69) is 5.32 Å². The highest BCUT2D eigenvalue weighted by molar-refractivity contribution is 5.92. The number of carbonyl (C=O) groups is 1. The zero-order chi connectivity index (χ0) is 17.9. The molecule has 2 N–H and O–H groups in total. The second kappa shape index (κ2) is 6.88. The van der Waals surface area contributed by atoms with Gasteiger partial charge < -0.3 is 15.0 Å². The van der Waals surface area contributed by atoms with Crippen LogP contribution in [0.1, 0.15) is 27.7 Å². The molecule has 2 aromatic rings. The zero-order valence-corrected chi connectivity index (χ0v) is 12.7. The highest BCUT2D eigenvalue weighted by Gasteiger charge is 2.35. The molecule has 5 nitrogen and oxygen atoms in total. The average molecular weight is 340 g/mol. The van der Waals surface area contributed by atoms with Gasteiger partial charge in [-0.3, -0.25) is 9.59 Å². The fourth-order valence-electron chi connectivity index (χ4n) is 2.30. The van der Waals surface area contributed by atoms with E-state index in [4.69, 9.17) is 0 Å². The number of aliphatic hydroxyl groups excluding tert-OH is 1. The van der Waals surface area contributed by atoms with Crippen LogP contribution < -0.4 is 10.9 Å². The van der Waals surface area contributed by atoms with Gasteiger partial charge in [-0.05, 0) is 17.7 Å². The van der Waals surface area contributed by atoms with Crippen LogP contribution in [-0.2, 0) is 13.2 Å². The molecule has 1 heterocycles. The van der Waals surface area contributed by atoms with Gasteiger partial charge in [0, 0.05) is 13.1 Å². The third-order valence-electron chi connectivity index (χ3n) is 3.55. The number of hydrogen-bond acceptors (Lipinski definition) is 3. The van der Waals surface area contributed by atoms with Crippen molar-refractivity contribution >= 4 is 5.91 Å². The largest absolute Gasteiger partial charge is 0.416 e. The van der Waals surface area contributed by atoms with Crippen molar-refractivity contribution in [3.8, 4) is 0 Å². The third kappa shape index (κ3) is 3.65. The van der Waals surface area contributed by atoms with Crippen molar-refractivity contribution in [1.29, 1.82) is 0 Å². The fraction of sp³-hybridized carbons (Fsp3) is 0.250. The summed E-state index contributed by atoms with van der Waals surface area (Å²) in [5, 5.41) is 11.8. The number of nitrogens with one attached hydrogen (secondary N) is 1. The molecular formula is C16H15F3N2O3. The number of amides is 1. The molecule has 1 aromatic carbocycles. The first-order valence-electron chi connectivity index (χ1n) is 6.99. The highest BCUT2D eigenvalue weighted by Crippen LogP contribution is 2.34. The lowest BCUT2D eigenvalue weighted by Gasteiger charge is -2.21. The molecular weight excluding hydrogens is 325 g/mol. The van der Waals surface area contributed by atoms with Gasteiger partial charge in [0.05, 0.1) is 18.2 Å². The van der Waals surface area contributed by atoms with Gasteiger partial charge in [0.1, 0.15) is 5.69 Å². The van der Waals surface area contributed by atoms with E-state index in [-0.39, 0.29) is 11.3 Å². The smallest absolute Gasteiger partial charge is 0.394 e. The third-order valence-corrected chi connectivity index (χ3v) is 3.55. The number of aromatic nitrogens is 1. The molecule has 0 aliphatic rings. The summed E-state index contributed by atoms with van der Waals surface area (Å²) in [7, 11) is 1.37. The fourth-order valence-corrected chi connectivity index (χ4v) is 2.30. The van der Waals surface area contributed by atoms with Crippen molar-refractivity contribution in [3.05, 3.63) is 69.6 Å². The molecule has 0 radical (unpaired) electrons. The van der Waals surface area contributed by atoms with E-state index in [9.17, 15) is 27.9 Å². The number of aliphatic hydroxyl groups is 1. The van der Waals surface area contributed by atoms with Gasteiger partial charge in [0.2, 0.25) is 0 Å². The van der Waals surface area contributed by atoms with Gasteiger partial charge in [0.15, 0.2) is 0 Å². The van der Waals surface area contributed by atoms with Crippen LogP contribution in [0.5, 0.6) is 0 Å². The number of rotatable bonds is 4. The predicted octanol–water partition coefficient (Wildman–Crippen LogP) is 1.87. The minimum Gasteiger partial charge on any atom is -0.394 e. The molecule has 128 valence electrons. The summed E-state index contributed by atoms with van der Waals surface area (Å²) in [6.45, 7) is -0.723. The number of carbonyl (C=O) groups excluding carboxylic acids is 1. The summed E-state index contributed by atoms with van der Waals surface area (Å²) in [5.41, 5.74) is -1.64. The Morgan fingerprint density at radius 3 is 2.50 bits per heavy atom. The molecule has 1 aromatic heterocycles. The Morgan fingerprint density at radius 1 is 1.21 bits per heavy atom. The molecule has 0 bridgehead atoms. The van der Waals surface area contributed by atoms with Crippen LogP contribution in [0.2, 0.25) is 0 Å². The van der Waals surface area contributed by atoms with Gasteiger partial charge >= 0.3 is 6.18 Å². The number of pyridine rings is 1. The van der Waals surface area contributed by atoms with Crippen LogP contribution in [0.25, 0.3) is 0 Å². The minimum atomic E-state index is -4.62. The van der Waals surface area contributed by atoms with E-state index in [1.54, 1.807) is 0 Å². The molecule has 0 spiro atoms. The van der Waals surface area contributed by atoms with E-state index in [0.717, 1.165) is 10.6 Å². The molecule has 2 rings (SSSR count). The lowest BCUT2D eigenvalue weighted by Crippen LogP contribution is -2.35. The quantitative estimate of drug-likeness (QED) is 0.893. The SMILES string of the molecule is Cn1c(C(=O)NC(CO)c2ccccc2C(F)(F)F)cccc1=O. The lowest BCUT2D eigenvalue weighted by molar-refractivity contribution is -0.138. The summed E-state index contributed by atoms with van der Waals surface area (Å²) in [5.74, 6) is -0.758. The van der Waals surface area contributed by atoms with E-state index < -0.39 is 35.9 Å². The van der Waals surface area contributed by atoms with Crippen LogP contribution >= 0.6 is 0 Å². The lowest BCUT2D eigenvalue weighted by atomic mass is 10.00. The van der Waals surface area contributed by atoms with Crippen LogP contribution in [0.15, 0.2) is 47.3 Å². The van der Waals surface area contributed by atoms with Gasteiger partial charge in [0.25, 0.3) is 11.5 Å². The molecule has 1 atom stereocenters. The van der Waals surface area contributed by atoms with Crippen molar-refractivity contribution in [1.82, 2.24) is 9.88 Å². The van der Waals surface area contributed by atoms with E-state index in [1.807, 2.05) is 0 Å². The maximum atomic E-state index is 13.1. The summed E-state index contributed by atoms with van der Waals surface area (Å²) in [6, 6.07) is 7.40. The maximum absolute atomic E-state index is 13.1. The zero-order valence-electron chi connectivity index (χ0n) is 12.7. The van der Waals surface area contributed by atoms with E-state index in [0.29, 0.717) is 0 Å². The highest BCUT2D eigenvalue weighted by atomic mass is 19.4. The Labute approximate surface area is 135 Å². The van der Waals surface area contributed by atoms with Crippen molar-refractivity contribution in [3.63, 3.8) is 0 Å². The Morgan fingerprint density at radius 2 is 1.88 bits per heavy atom. The molecule has 0 aliphatic carbocycles. The number of benzene rings is 1. The molecule has 0 aliphatic heterocycles. The summed E-state index contributed by atoms with van der Waals surface area (Å²) >= 11 is 0. The molecule has 8 heteroatoms. The Hall–Kier alpha value is -2.61. The number of alkyl halides is 3. The Bertz CT molecular complexity index is 800. The van der Waals surface area contributed by atoms with Crippen molar-refractivity contribution in [2.45, 2.75) is 12.2 Å². The number of hydrogen-bond donors (Lipinski definition) is 2. The summed E-state index contributed by atoms with van der Waals surface area (Å²) in [4.78, 5) is 23.8. The first-order chi connectivity index (χ1) is 11.3. The maximum Gasteiger partial charge on any atom is 0.416 e. The predicted molar refractivity (Wildman–Crippen MR) is 80.4 cm³/mol. The van der Waals surface area contributed by atoms with Crippen LogP contribution in [0.4, 0.5) is 13.2 Å². The molecule has 0 saturated carbocycles. The normalized spacial score (nSPS) is 12.7. The summed E-state index contributed by atoms with van der Waals surface area (Å²) < 4.78 is 40.3.